The summed E-state index contributed by atoms with van der Waals surface area (Å²) in [5.41, 5.74) is 2.54. The van der Waals surface area contributed by atoms with E-state index < -0.39 is 0 Å². The minimum absolute atomic E-state index is 0.785. The summed E-state index contributed by atoms with van der Waals surface area (Å²) in [7, 11) is 0. The van der Waals surface area contributed by atoms with E-state index >= 15 is 0 Å². The van der Waals surface area contributed by atoms with E-state index in [0.717, 1.165) is 32.7 Å². The zero-order chi connectivity index (χ0) is 10.9. The van der Waals surface area contributed by atoms with Crippen LogP contribution in [-0.2, 0) is 11.3 Å². The molecular formula is C12H20N2O. The summed E-state index contributed by atoms with van der Waals surface area (Å²) in [6, 6.07) is 2.03. The number of pyridine rings is 1. The predicted molar refractivity (Wildman–Crippen MR) is 61.8 cm³/mol. The smallest absolute Gasteiger partial charge is 0.0591 e. The zero-order valence-corrected chi connectivity index (χ0v) is 9.62. The number of hydrogen-bond acceptors (Lipinski definition) is 3. The van der Waals surface area contributed by atoms with E-state index in [0.29, 0.717) is 0 Å². The summed E-state index contributed by atoms with van der Waals surface area (Å²) >= 11 is 0. The van der Waals surface area contributed by atoms with Crippen LogP contribution in [0, 0.1) is 6.92 Å². The van der Waals surface area contributed by atoms with Gasteiger partial charge in [0.1, 0.15) is 0 Å². The van der Waals surface area contributed by atoms with Gasteiger partial charge < -0.3 is 10.1 Å². The highest BCUT2D eigenvalue weighted by atomic mass is 16.5. The molecule has 0 aromatic carbocycles. The van der Waals surface area contributed by atoms with E-state index in [1.165, 1.54) is 11.1 Å². The van der Waals surface area contributed by atoms with Gasteiger partial charge >= 0.3 is 0 Å². The molecule has 84 valence electrons. The van der Waals surface area contributed by atoms with Crippen LogP contribution in [0.5, 0.6) is 0 Å². The third-order valence-electron chi connectivity index (χ3n) is 2.23. The Hall–Kier alpha value is -0.930. The Morgan fingerprint density at radius 2 is 2.27 bits per heavy atom. The highest BCUT2D eigenvalue weighted by Gasteiger charge is 1.96. The van der Waals surface area contributed by atoms with E-state index in [4.69, 9.17) is 4.74 Å². The molecule has 3 heteroatoms. The Kier molecular flexibility index (Phi) is 5.97. The van der Waals surface area contributed by atoms with Gasteiger partial charge in [-0.1, -0.05) is 6.92 Å². The van der Waals surface area contributed by atoms with Crippen molar-refractivity contribution >= 4 is 0 Å². The molecule has 1 heterocycles. The molecule has 0 aliphatic rings. The minimum Gasteiger partial charge on any atom is -0.380 e. The van der Waals surface area contributed by atoms with Crippen molar-refractivity contribution in [2.75, 3.05) is 19.8 Å². The summed E-state index contributed by atoms with van der Waals surface area (Å²) in [5, 5.41) is 3.34. The van der Waals surface area contributed by atoms with E-state index in [-0.39, 0.29) is 0 Å². The third-order valence-corrected chi connectivity index (χ3v) is 2.23. The fourth-order valence-corrected chi connectivity index (χ4v) is 1.30. The van der Waals surface area contributed by atoms with E-state index in [1.807, 2.05) is 18.5 Å². The molecular weight excluding hydrogens is 188 g/mol. The maximum atomic E-state index is 5.37. The van der Waals surface area contributed by atoms with Gasteiger partial charge in [0.2, 0.25) is 0 Å². The van der Waals surface area contributed by atoms with Crippen LogP contribution in [0.3, 0.4) is 0 Å². The monoisotopic (exact) mass is 208 g/mol. The highest BCUT2D eigenvalue weighted by molar-refractivity contribution is 5.20. The third kappa shape index (κ3) is 4.91. The number of aryl methyl sites for hydroxylation is 1. The average molecular weight is 208 g/mol. The fourth-order valence-electron chi connectivity index (χ4n) is 1.30. The molecule has 0 amide bonds. The molecule has 1 aromatic heterocycles. The first kappa shape index (κ1) is 12.1. The first-order valence-electron chi connectivity index (χ1n) is 5.52. The molecule has 0 radical (unpaired) electrons. The number of hydrogen-bond donors (Lipinski definition) is 1. The van der Waals surface area contributed by atoms with Crippen molar-refractivity contribution in [3.63, 3.8) is 0 Å². The maximum Gasteiger partial charge on any atom is 0.0591 e. The van der Waals surface area contributed by atoms with Crippen molar-refractivity contribution in [3.8, 4) is 0 Å². The number of rotatable bonds is 7. The second-order valence-corrected chi connectivity index (χ2v) is 3.59. The van der Waals surface area contributed by atoms with Crippen molar-refractivity contribution in [3.05, 3.63) is 29.6 Å². The molecule has 1 N–H and O–H groups in total. The van der Waals surface area contributed by atoms with Crippen LogP contribution in [0.1, 0.15) is 24.5 Å². The average Bonchev–Trinajstić information content (AvgIpc) is 2.25. The SMILES string of the molecule is CCCOCCNCc1cnccc1C. The summed E-state index contributed by atoms with van der Waals surface area (Å²) in [6.45, 7) is 7.63. The van der Waals surface area contributed by atoms with Gasteiger partial charge in [-0.05, 0) is 30.5 Å². The van der Waals surface area contributed by atoms with Crippen LogP contribution in [-0.4, -0.2) is 24.7 Å². The quantitative estimate of drug-likeness (QED) is 0.695. The van der Waals surface area contributed by atoms with Gasteiger partial charge in [0.25, 0.3) is 0 Å². The molecule has 0 fully saturated rings. The Morgan fingerprint density at radius 3 is 3.00 bits per heavy atom. The van der Waals surface area contributed by atoms with Crippen LogP contribution in [0.15, 0.2) is 18.5 Å². The maximum absolute atomic E-state index is 5.37. The number of aromatic nitrogens is 1. The van der Waals surface area contributed by atoms with Crippen LogP contribution >= 0.6 is 0 Å². The lowest BCUT2D eigenvalue weighted by molar-refractivity contribution is 0.136. The molecule has 0 spiro atoms. The summed E-state index contributed by atoms with van der Waals surface area (Å²) in [4.78, 5) is 4.10. The van der Waals surface area contributed by atoms with Crippen molar-refractivity contribution in [1.29, 1.82) is 0 Å². The van der Waals surface area contributed by atoms with Crippen LogP contribution in [0.4, 0.5) is 0 Å². The molecule has 1 rings (SSSR count). The molecule has 0 aliphatic carbocycles. The van der Waals surface area contributed by atoms with E-state index in [2.05, 4.69) is 24.1 Å². The summed E-state index contributed by atoms with van der Waals surface area (Å²) in [5.74, 6) is 0. The second kappa shape index (κ2) is 7.37. The molecule has 0 unspecified atom stereocenters. The van der Waals surface area contributed by atoms with Crippen molar-refractivity contribution < 1.29 is 4.74 Å². The highest BCUT2D eigenvalue weighted by Crippen LogP contribution is 2.03. The van der Waals surface area contributed by atoms with Crippen LogP contribution < -0.4 is 5.32 Å². The first-order chi connectivity index (χ1) is 7.34. The van der Waals surface area contributed by atoms with Crippen molar-refractivity contribution in [2.24, 2.45) is 0 Å². The van der Waals surface area contributed by atoms with Gasteiger partial charge in [-0.2, -0.15) is 0 Å². The zero-order valence-electron chi connectivity index (χ0n) is 9.62. The van der Waals surface area contributed by atoms with Gasteiger partial charge in [0.05, 0.1) is 6.61 Å². The Bertz CT molecular complexity index is 276. The Morgan fingerprint density at radius 1 is 1.40 bits per heavy atom. The van der Waals surface area contributed by atoms with Gasteiger partial charge in [0.15, 0.2) is 0 Å². The van der Waals surface area contributed by atoms with E-state index in [1.54, 1.807) is 0 Å². The normalized spacial score (nSPS) is 10.5. The lowest BCUT2D eigenvalue weighted by Gasteiger charge is -2.07. The van der Waals surface area contributed by atoms with Crippen molar-refractivity contribution in [2.45, 2.75) is 26.8 Å². The van der Waals surface area contributed by atoms with Gasteiger partial charge in [-0.25, -0.2) is 0 Å². The Labute approximate surface area is 91.9 Å². The number of ether oxygens (including phenoxy) is 1. The van der Waals surface area contributed by atoms with Gasteiger partial charge in [0, 0.05) is 32.1 Å². The van der Waals surface area contributed by atoms with Crippen LogP contribution in [0.2, 0.25) is 0 Å². The molecule has 0 saturated carbocycles. The molecule has 1 aromatic rings. The predicted octanol–water partition coefficient (Wildman–Crippen LogP) is 1.91. The molecule has 3 nitrogen and oxygen atoms in total. The van der Waals surface area contributed by atoms with Crippen LogP contribution in [0.25, 0.3) is 0 Å². The molecule has 0 saturated heterocycles. The van der Waals surface area contributed by atoms with Crippen molar-refractivity contribution in [1.82, 2.24) is 10.3 Å². The lowest BCUT2D eigenvalue weighted by atomic mass is 10.2. The second-order valence-electron chi connectivity index (χ2n) is 3.59. The molecule has 0 atom stereocenters. The minimum atomic E-state index is 0.785. The summed E-state index contributed by atoms with van der Waals surface area (Å²) in [6.07, 6.45) is 4.82. The Balaban J connectivity index is 2.12. The molecule has 0 aliphatic heterocycles. The fraction of sp³-hybridized carbons (Fsp3) is 0.583. The summed E-state index contributed by atoms with van der Waals surface area (Å²) < 4.78 is 5.37. The molecule has 15 heavy (non-hydrogen) atoms. The lowest BCUT2D eigenvalue weighted by Crippen LogP contribution is -2.20. The largest absolute Gasteiger partial charge is 0.380 e. The first-order valence-corrected chi connectivity index (χ1v) is 5.52. The standard InChI is InChI=1S/C12H20N2O/c1-3-7-15-8-6-14-10-12-9-13-5-4-11(12)2/h4-5,9,14H,3,6-8,10H2,1-2H3. The van der Waals surface area contributed by atoms with E-state index in [9.17, 15) is 0 Å². The number of nitrogens with zero attached hydrogens (tertiary/aromatic N) is 1. The van der Waals surface area contributed by atoms with Gasteiger partial charge in [-0.15, -0.1) is 0 Å². The number of nitrogens with one attached hydrogen (secondary N) is 1. The topological polar surface area (TPSA) is 34.1 Å². The molecule has 0 bridgehead atoms. The van der Waals surface area contributed by atoms with Gasteiger partial charge in [-0.3, -0.25) is 4.98 Å².